The van der Waals surface area contributed by atoms with Crippen LogP contribution in [0.2, 0.25) is 0 Å². The predicted octanol–water partition coefficient (Wildman–Crippen LogP) is 5.89. The number of carbonyl (C=O) groups is 2. The molecule has 9 heteroatoms. The maximum Gasteiger partial charge on any atom is 0.341 e. The minimum Gasteiger partial charge on any atom is -0.462 e. The van der Waals surface area contributed by atoms with Gasteiger partial charge in [-0.3, -0.25) is 9.69 Å². The lowest BCUT2D eigenvalue weighted by atomic mass is 10.0. The molecule has 0 bridgehead atoms. The number of fused-ring (bicyclic) bond motifs is 2. The maximum absolute atomic E-state index is 13.1. The molecular weight excluding hydrogens is 474 g/mol. The van der Waals surface area contributed by atoms with Gasteiger partial charge in [0, 0.05) is 18.0 Å². The number of hydrogen-bond acceptors (Lipinski definition) is 8. The summed E-state index contributed by atoms with van der Waals surface area (Å²) in [5.74, 6) is -0.583. The molecule has 6 nitrogen and oxygen atoms in total. The zero-order valence-corrected chi connectivity index (χ0v) is 20.8. The second-order valence-corrected chi connectivity index (χ2v) is 10.9. The van der Waals surface area contributed by atoms with Crippen molar-refractivity contribution in [1.82, 2.24) is 9.88 Å². The summed E-state index contributed by atoms with van der Waals surface area (Å²) in [4.78, 5) is 35.6. The minimum absolute atomic E-state index is 0.219. The molecule has 1 aliphatic rings. The van der Waals surface area contributed by atoms with E-state index in [0.29, 0.717) is 22.0 Å². The van der Waals surface area contributed by atoms with Gasteiger partial charge in [-0.25, -0.2) is 9.78 Å². The van der Waals surface area contributed by atoms with Crippen LogP contribution < -0.4 is 5.32 Å². The van der Waals surface area contributed by atoms with Gasteiger partial charge in [-0.1, -0.05) is 19.1 Å². The first kappa shape index (κ1) is 22.2. The quantitative estimate of drug-likeness (QED) is 0.336. The molecule has 0 saturated carbocycles. The highest BCUT2D eigenvalue weighted by Crippen LogP contribution is 2.39. The first-order valence-corrected chi connectivity index (χ1v) is 13.3. The standard InChI is InChI=1S/C24H23N3O3S3/c1-3-27-12-11-14-19(13-27)33-23(20(14)24(29)30-4-2)26-21(28)17-9-10-18(31-17)22-25-15-7-5-6-8-16(15)32-22/h5-10H,3-4,11-13H2,1-2H3,(H,26,28). The largest absolute Gasteiger partial charge is 0.462 e. The summed E-state index contributed by atoms with van der Waals surface area (Å²) in [6.45, 7) is 6.87. The molecule has 170 valence electrons. The Bertz CT molecular complexity index is 1300. The van der Waals surface area contributed by atoms with Crippen LogP contribution in [0.15, 0.2) is 36.4 Å². The number of likely N-dealkylation sites (N-methyl/N-ethyl adjacent to an activating group) is 1. The Morgan fingerprint density at radius 1 is 1.12 bits per heavy atom. The zero-order valence-electron chi connectivity index (χ0n) is 18.3. The fourth-order valence-electron chi connectivity index (χ4n) is 3.95. The molecule has 0 aliphatic carbocycles. The van der Waals surface area contributed by atoms with Gasteiger partial charge < -0.3 is 10.1 Å². The summed E-state index contributed by atoms with van der Waals surface area (Å²) in [7, 11) is 0. The third-order valence-electron chi connectivity index (χ3n) is 5.62. The molecule has 0 saturated heterocycles. The van der Waals surface area contributed by atoms with Crippen molar-refractivity contribution >= 4 is 61.1 Å². The summed E-state index contributed by atoms with van der Waals surface area (Å²) >= 11 is 4.51. The van der Waals surface area contributed by atoms with E-state index in [0.717, 1.165) is 56.6 Å². The molecule has 5 rings (SSSR count). The fraction of sp³-hybridized carbons (Fsp3) is 0.292. The molecule has 33 heavy (non-hydrogen) atoms. The second-order valence-electron chi connectivity index (χ2n) is 7.65. The van der Waals surface area contributed by atoms with Crippen molar-refractivity contribution in [3.8, 4) is 9.88 Å². The topological polar surface area (TPSA) is 71.5 Å². The van der Waals surface area contributed by atoms with E-state index in [9.17, 15) is 9.59 Å². The Labute approximate surface area is 203 Å². The fourth-order valence-corrected chi connectivity index (χ4v) is 7.15. The number of para-hydroxylation sites is 1. The molecule has 4 heterocycles. The SMILES string of the molecule is CCOC(=O)c1c(NC(=O)c2ccc(-c3nc4ccccc4s3)s2)sc2c1CCN(CC)C2. The van der Waals surface area contributed by atoms with Crippen LogP contribution in [-0.4, -0.2) is 41.5 Å². The monoisotopic (exact) mass is 497 g/mol. The first-order valence-electron chi connectivity index (χ1n) is 10.9. The van der Waals surface area contributed by atoms with E-state index in [2.05, 4.69) is 17.1 Å². The molecule has 0 atom stereocenters. The van der Waals surface area contributed by atoms with Crippen LogP contribution in [0.5, 0.6) is 0 Å². The highest BCUT2D eigenvalue weighted by atomic mass is 32.1. The van der Waals surface area contributed by atoms with Crippen molar-refractivity contribution in [2.45, 2.75) is 26.8 Å². The Morgan fingerprint density at radius 3 is 2.76 bits per heavy atom. The van der Waals surface area contributed by atoms with Crippen molar-refractivity contribution in [1.29, 1.82) is 0 Å². The maximum atomic E-state index is 13.1. The molecule has 3 aromatic heterocycles. The van der Waals surface area contributed by atoms with E-state index in [4.69, 9.17) is 9.72 Å². The summed E-state index contributed by atoms with van der Waals surface area (Å²) in [6, 6.07) is 11.8. The van der Waals surface area contributed by atoms with E-state index in [1.807, 2.05) is 36.4 Å². The summed E-state index contributed by atoms with van der Waals surface area (Å²) in [5.41, 5.74) is 2.49. The normalized spacial score (nSPS) is 13.8. The lowest BCUT2D eigenvalue weighted by Crippen LogP contribution is -2.30. The number of benzene rings is 1. The number of thiazole rings is 1. The number of ether oxygens (including phenoxy) is 1. The first-order chi connectivity index (χ1) is 16.1. The van der Waals surface area contributed by atoms with Crippen molar-refractivity contribution in [3.05, 3.63) is 57.3 Å². The van der Waals surface area contributed by atoms with Crippen LogP contribution in [0.3, 0.4) is 0 Å². The van der Waals surface area contributed by atoms with Crippen molar-refractivity contribution in [2.75, 3.05) is 25.0 Å². The van der Waals surface area contributed by atoms with Crippen LogP contribution in [0, 0.1) is 0 Å². The molecule has 1 N–H and O–H groups in total. The zero-order chi connectivity index (χ0) is 22.9. The number of anilines is 1. The number of hydrogen-bond donors (Lipinski definition) is 1. The van der Waals surface area contributed by atoms with Gasteiger partial charge in [0.05, 0.1) is 32.1 Å². The molecular formula is C24H23N3O3S3. The molecule has 4 aromatic rings. The van der Waals surface area contributed by atoms with Crippen LogP contribution in [0.25, 0.3) is 20.1 Å². The average molecular weight is 498 g/mol. The van der Waals surface area contributed by atoms with Crippen molar-refractivity contribution < 1.29 is 14.3 Å². The summed E-state index contributed by atoms with van der Waals surface area (Å²) < 4.78 is 6.44. The molecule has 0 spiro atoms. The number of esters is 1. The van der Waals surface area contributed by atoms with Gasteiger partial charge in [0.2, 0.25) is 0 Å². The number of aromatic nitrogens is 1. The van der Waals surface area contributed by atoms with Gasteiger partial charge >= 0.3 is 5.97 Å². The number of carbonyl (C=O) groups excluding carboxylic acids is 2. The van der Waals surface area contributed by atoms with E-state index in [1.165, 1.54) is 22.7 Å². The van der Waals surface area contributed by atoms with Gasteiger partial charge in [0.1, 0.15) is 10.0 Å². The third kappa shape index (κ3) is 4.33. The molecule has 0 radical (unpaired) electrons. The molecule has 1 amide bonds. The van der Waals surface area contributed by atoms with Gasteiger partial charge in [-0.15, -0.1) is 34.0 Å². The van der Waals surface area contributed by atoms with Gasteiger partial charge in [-0.2, -0.15) is 0 Å². The highest BCUT2D eigenvalue weighted by molar-refractivity contribution is 7.26. The lowest BCUT2D eigenvalue weighted by molar-refractivity contribution is 0.0526. The third-order valence-corrected chi connectivity index (χ3v) is 9.05. The summed E-state index contributed by atoms with van der Waals surface area (Å²) in [5, 5.41) is 4.48. The Morgan fingerprint density at radius 2 is 1.97 bits per heavy atom. The van der Waals surface area contributed by atoms with E-state index in [-0.39, 0.29) is 11.9 Å². The number of nitrogens with zero attached hydrogens (tertiary/aromatic N) is 2. The lowest BCUT2D eigenvalue weighted by Gasteiger charge is -2.25. The number of amides is 1. The van der Waals surface area contributed by atoms with Crippen LogP contribution >= 0.6 is 34.0 Å². The van der Waals surface area contributed by atoms with Gasteiger partial charge in [0.25, 0.3) is 5.91 Å². The predicted molar refractivity (Wildman–Crippen MR) is 136 cm³/mol. The number of rotatable bonds is 6. The minimum atomic E-state index is -0.364. The molecule has 0 fully saturated rings. The van der Waals surface area contributed by atoms with Crippen LogP contribution in [0.4, 0.5) is 5.00 Å². The van der Waals surface area contributed by atoms with Crippen molar-refractivity contribution in [3.63, 3.8) is 0 Å². The van der Waals surface area contributed by atoms with Crippen molar-refractivity contribution in [2.24, 2.45) is 0 Å². The Balaban J connectivity index is 1.42. The average Bonchev–Trinajstić information content (AvgIpc) is 3.54. The molecule has 1 aliphatic heterocycles. The van der Waals surface area contributed by atoms with E-state index in [1.54, 1.807) is 18.3 Å². The van der Waals surface area contributed by atoms with Gasteiger partial charge in [-0.05, 0) is 49.7 Å². The Kier molecular flexibility index (Phi) is 6.29. The van der Waals surface area contributed by atoms with Gasteiger partial charge in [0.15, 0.2) is 0 Å². The van der Waals surface area contributed by atoms with Crippen LogP contribution in [-0.2, 0) is 17.7 Å². The molecule has 0 unspecified atom stereocenters. The number of thiophene rings is 2. The smallest absolute Gasteiger partial charge is 0.341 e. The summed E-state index contributed by atoms with van der Waals surface area (Å²) in [6.07, 6.45) is 0.782. The Hall–Kier alpha value is -2.59. The van der Waals surface area contributed by atoms with E-state index >= 15 is 0 Å². The van der Waals surface area contributed by atoms with E-state index < -0.39 is 0 Å². The van der Waals surface area contributed by atoms with Crippen LogP contribution in [0.1, 0.15) is 44.3 Å². The number of nitrogens with one attached hydrogen (secondary N) is 1. The molecule has 1 aromatic carbocycles. The highest BCUT2D eigenvalue weighted by Gasteiger charge is 2.29. The second kappa shape index (κ2) is 9.34.